The number of rotatable bonds is 5. The largest absolute Gasteiger partial charge is 0.469 e. The van der Waals surface area contributed by atoms with Gasteiger partial charge in [0.1, 0.15) is 0 Å². The Morgan fingerprint density at radius 2 is 2.18 bits per heavy atom. The predicted octanol–water partition coefficient (Wildman–Crippen LogP) is 1.63. The molecule has 0 amide bonds. The first-order valence-electron chi connectivity index (χ1n) is 6.69. The average Bonchev–Trinajstić information content (AvgIpc) is 2.96. The van der Waals surface area contributed by atoms with Crippen LogP contribution in [0.25, 0.3) is 0 Å². The van der Waals surface area contributed by atoms with Crippen LogP contribution in [0.5, 0.6) is 0 Å². The Labute approximate surface area is 103 Å². The average molecular weight is 241 g/mol. The number of carbonyl (C=O) groups excluding carboxylic acids is 1. The summed E-state index contributed by atoms with van der Waals surface area (Å²) in [5.41, 5.74) is 0.217. The van der Waals surface area contributed by atoms with E-state index < -0.39 is 0 Å². The second-order valence-corrected chi connectivity index (χ2v) is 5.20. The fourth-order valence-corrected chi connectivity index (χ4v) is 2.98. The molecule has 1 aliphatic carbocycles. The van der Waals surface area contributed by atoms with E-state index in [4.69, 9.17) is 4.74 Å². The molecule has 1 saturated heterocycles. The lowest BCUT2D eigenvalue weighted by Gasteiger charge is -2.23. The lowest BCUT2D eigenvalue weighted by molar-refractivity contribution is -0.140. The van der Waals surface area contributed by atoms with Gasteiger partial charge in [-0.05, 0) is 25.7 Å². The Kier molecular flexibility index (Phi) is 4.40. The molecule has 0 aromatic carbocycles. The standard InChI is InChI=1S/C13H23NO3/c1-16-12(15)5-9-14-10-11-4-8-13(17-11)6-2-3-7-13/h11,14H,2-10H2,1H3. The van der Waals surface area contributed by atoms with Crippen LogP contribution >= 0.6 is 0 Å². The van der Waals surface area contributed by atoms with Gasteiger partial charge in [0.05, 0.1) is 25.2 Å². The summed E-state index contributed by atoms with van der Waals surface area (Å²) in [6.45, 7) is 1.54. The van der Waals surface area contributed by atoms with Crippen LogP contribution in [0.2, 0.25) is 0 Å². The first kappa shape index (κ1) is 12.8. The van der Waals surface area contributed by atoms with Crippen molar-refractivity contribution in [3.05, 3.63) is 0 Å². The van der Waals surface area contributed by atoms with E-state index in [2.05, 4.69) is 10.1 Å². The first-order valence-corrected chi connectivity index (χ1v) is 6.69. The molecule has 0 aromatic rings. The minimum absolute atomic E-state index is 0.155. The molecule has 1 unspecified atom stereocenters. The van der Waals surface area contributed by atoms with Crippen molar-refractivity contribution in [3.63, 3.8) is 0 Å². The molecule has 0 radical (unpaired) electrons. The van der Waals surface area contributed by atoms with Crippen molar-refractivity contribution in [2.75, 3.05) is 20.2 Å². The van der Waals surface area contributed by atoms with Crippen LogP contribution in [-0.2, 0) is 14.3 Å². The van der Waals surface area contributed by atoms with Crippen molar-refractivity contribution in [1.29, 1.82) is 0 Å². The summed E-state index contributed by atoms with van der Waals surface area (Å²) in [5, 5.41) is 3.27. The maximum atomic E-state index is 10.9. The van der Waals surface area contributed by atoms with Gasteiger partial charge in [-0.1, -0.05) is 12.8 Å². The van der Waals surface area contributed by atoms with E-state index in [1.54, 1.807) is 0 Å². The van der Waals surface area contributed by atoms with Crippen LogP contribution in [0.3, 0.4) is 0 Å². The number of carbonyl (C=O) groups is 1. The molecule has 4 heteroatoms. The Bertz CT molecular complexity index is 261. The lowest BCUT2D eigenvalue weighted by atomic mass is 9.98. The minimum atomic E-state index is -0.155. The Morgan fingerprint density at radius 3 is 2.88 bits per heavy atom. The highest BCUT2D eigenvalue weighted by atomic mass is 16.5. The molecule has 17 heavy (non-hydrogen) atoms. The Hall–Kier alpha value is -0.610. The summed E-state index contributed by atoms with van der Waals surface area (Å²) < 4.78 is 10.8. The molecule has 98 valence electrons. The zero-order valence-electron chi connectivity index (χ0n) is 10.7. The molecule has 1 N–H and O–H groups in total. The van der Waals surface area contributed by atoms with Gasteiger partial charge in [-0.3, -0.25) is 4.79 Å². The number of hydrogen-bond acceptors (Lipinski definition) is 4. The van der Waals surface area contributed by atoms with Gasteiger partial charge in [-0.15, -0.1) is 0 Å². The van der Waals surface area contributed by atoms with Gasteiger partial charge >= 0.3 is 5.97 Å². The molecule has 0 aromatic heterocycles. The van der Waals surface area contributed by atoms with Crippen LogP contribution in [0.4, 0.5) is 0 Å². The van der Waals surface area contributed by atoms with Gasteiger partial charge in [-0.25, -0.2) is 0 Å². The van der Waals surface area contributed by atoms with Crippen LogP contribution in [0, 0.1) is 0 Å². The summed E-state index contributed by atoms with van der Waals surface area (Å²) in [7, 11) is 1.42. The molecular formula is C13H23NO3. The molecule has 2 fully saturated rings. The fourth-order valence-electron chi connectivity index (χ4n) is 2.98. The molecule has 1 atom stereocenters. The topological polar surface area (TPSA) is 47.6 Å². The minimum Gasteiger partial charge on any atom is -0.469 e. The summed E-state index contributed by atoms with van der Waals surface area (Å²) in [5.74, 6) is -0.155. The van der Waals surface area contributed by atoms with Gasteiger partial charge in [0, 0.05) is 13.1 Å². The third-order valence-electron chi connectivity index (χ3n) is 3.96. The third kappa shape index (κ3) is 3.42. The molecule has 0 bridgehead atoms. The molecular weight excluding hydrogens is 218 g/mol. The highest BCUT2D eigenvalue weighted by molar-refractivity contribution is 5.69. The van der Waals surface area contributed by atoms with E-state index in [0.717, 1.165) is 13.0 Å². The van der Waals surface area contributed by atoms with Gasteiger partial charge in [-0.2, -0.15) is 0 Å². The van der Waals surface area contributed by atoms with Crippen molar-refractivity contribution in [2.45, 2.75) is 56.7 Å². The Morgan fingerprint density at radius 1 is 1.41 bits per heavy atom. The fraction of sp³-hybridized carbons (Fsp3) is 0.923. The highest BCUT2D eigenvalue weighted by Crippen LogP contribution is 2.43. The zero-order chi connectivity index (χ0) is 12.1. The van der Waals surface area contributed by atoms with Crippen molar-refractivity contribution < 1.29 is 14.3 Å². The van der Waals surface area contributed by atoms with Crippen LogP contribution in [-0.4, -0.2) is 37.9 Å². The van der Waals surface area contributed by atoms with E-state index in [9.17, 15) is 4.79 Å². The molecule has 1 saturated carbocycles. The number of ether oxygens (including phenoxy) is 2. The second kappa shape index (κ2) is 5.83. The number of nitrogens with one attached hydrogen (secondary N) is 1. The summed E-state index contributed by atoms with van der Waals surface area (Å²) in [6.07, 6.45) is 8.28. The Balaban J connectivity index is 1.60. The summed E-state index contributed by atoms with van der Waals surface area (Å²) >= 11 is 0. The number of methoxy groups -OCH3 is 1. The smallest absolute Gasteiger partial charge is 0.306 e. The SMILES string of the molecule is COC(=O)CCNCC1CCC2(CCCC2)O1. The van der Waals surface area contributed by atoms with Crippen LogP contribution in [0.15, 0.2) is 0 Å². The summed E-state index contributed by atoms with van der Waals surface area (Å²) in [6, 6.07) is 0. The molecule has 1 aliphatic heterocycles. The van der Waals surface area contributed by atoms with Gasteiger partial charge < -0.3 is 14.8 Å². The van der Waals surface area contributed by atoms with E-state index in [-0.39, 0.29) is 11.6 Å². The molecule has 1 heterocycles. The second-order valence-electron chi connectivity index (χ2n) is 5.20. The monoisotopic (exact) mass is 241 g/mol. The quantitative estimate of drug-likeness (QED) is 0.587. The lowest BCUT2D eigenvalue weighted by Crippen LogP contribution is -2.32. The van der Waals surface area contributed by atoms with E-state index >= 15 is 0 Å². The van der Waals surface area contributed by atoms with Gasteiger partial charge in [0.25, 0.3) is 0 Å². The zero-order valence-corrected chi connectivity index (χ0v) is 10.7. The van der Waals surface area contributed by atoms with Crippen molar-refractivity contribution >= 4 is 5.97 Å². The van der Waals surface area contributed by atoms with Crippen molar-refractivity contribution in [1.82, 2.24) is 5.32 Å². The molecule has 2 rings (SSSR count). The highest BCUT2D eigenvalue weighted by Gasteiger charge is 2.41. The predicted molar refractivity (Wildman–Crippen MR) is 64.8 cm³/mol. The number of esters is 1. The maximum Gasteiger partial charge on any atom is 0.306 e. The normalized spacial score (nSPS) is 26.5. The third-order valence-corrected chi connectivity index (χ3v) is 3.96. The van der Waals surface area contributed by atoms with E-state index in [0.29, 0.717) is 19.1 Å². The molecule has 2 aliphatic rings. The van der Waals surface area contributed by atoms with Gasteiger partial charge in [0.2, 0.25) is 0 Å². The summed E-state index contributed by atoms with van der Waals surface area (Å²) in [4.78, 5) is 10.9. The van der Waals surface area contributed by atoms with Gasteiger partial charge in [0.15, 0.2) is 0 Å². The number of hydrogen-bond donors (Lipinski definition) is 1. The molecule has 4 nitrogen and oxygen atoms in total. The van der Waals surface area contributed by atoms with Crippen LogP contribution < -0.4 is 5.32 Å². The van der Waals surface area contributed by atoms with Crippen molar-refractivity contribution in [3.8, 4) is 0 Å². The van der Waals surface area contributed by atoms with E-state index in [1.807, 2.05) is 0 Å². The molecule has 1 spiro atoms. The van der Waals surface area contributed by atoms with E-state index in [1.165, 1.54) is 39.2 Å². The van der Waals surface area contributed by atoms with Crippen LogP contribution in [0.1, 0.15) is 44.9 Å². The van der Waals surface area contributed by atoms with Crippen molar-refractivity contribution in [2.24, 2.45) is 0 Å². The maximum absolute atomic E-state index is 10.9. The first-order chi connectivity index (χ1) is 8.24.